The number of urea groups is 1. The maximum Gasteiger partial charge on any atom is 0.317 e. The Morgan fingerprint density at radius 3 is 2.75 bits per heavy atom. The fourth-order valence-corrected chi connectivity index (χ4v) is 2.98. The van der Waals surface area contributed by atoms with E-state index in [0.29, 0.717) is 36.0 Å². The van der Waals surface area contributed by atoms with Crippen LogP contribution in [0.15, 0.2) is 18.2 Å². The first-order chi connectivity index (χ1) is 11.4. The smallest absolute Gasteiger partial charge is 0.317 e. The van der Waals surface area contributed by atoms with Crippen LogP contribution in [0.5, 0.6) is 0 Å². The molecule has 8 heteroatoms. The minimum absolute atomic E-state index is 0.222. The Balaban J connectivity index is 2.06. The number of carbonyl (C=O) groups excluding carboxylic acids is 1. The fourth-order valence-electron chi connectivity index (χ4n) is 2.67. The molecule has 1 aromatic carbocycles. The number of methoxy groups -OCH3 is 1. The van der Waals surface area contributed by atoms with Crippen LogP contribution in [0.3, 0.4) is 0 Å². The first kappa shape index (κ1) is 18.8. The number of amides is 2. The average Bonchev–Trinajstić information content (AvgIpc) is 3.04. The van der Waals surface area contributed by atoms with Gasteiger partial charge in [-0.2, -0.15) is 0 Å². The third-order valence-corrected chi connectivity index (χ3v) is 4.82. The largest absolute Gasteiger partial charge is 0.481 e. The Bertz CT molecular complexity index is 612. The van der Waals surface area contributed by atoms with Crippen LogP contribution in [-0.4, -0.2) is 48.8 Å². The zero-order valence-electron chi connectivity index (χ0n) is 13.3. The van der Waals surface area contributed by atoms with Crippen molar-refractivity contribution < 1.29 is 19.4 Å². The van der Waals surface area contributed by atoms with Gasteiger partial charge in [-0.25, -0.2) is 4.79 Å². The predicted octanol–water partition coefficient (Wildman–Crippen LogP) is 3.19. The highest BCUT2D eigenvalue weighted by atomic mass is 35.5. The molecule has 2 atom stereocenters. The van der Waals surface area contributed by atoms with E-state index in [-0.39, 0.29) is 18.6 Å². The number of hydrogen-bond donors (Lipinski definition) is 2. The molecule has 1 fully saturated rings. The molecular weight excluding hydrogens is 355 g/mol. The van der Waals surface area contributed by atoms with E-state index in [1.165, 1.54) is 4.90 Å². The highest BCUT2D eigenvalue weighted by Gasteiger charge is 2.31. The van der Waals surface area contributed by atoms with Gasteiger partial charge in [0, 0.05) is 26.8 Å². The van der Waals surface area contributed by atoms with Crippen LogP contribution in [-0.2, 0) is 9.53 Å². The second-order valence-electron chi connectivity index (χ2n) is 5.73. The molecular formula is C16H20Cl2N2O4. The second kappa shape index (κ2) is 8.55. The first-order valence-corrected chi connectivity index (χ1v) is 8.40. The summed E-state index contributed by atoms with van der Waals surface area (Å²) in [6.45, 7) is 1.11. The lowest BCUT2D eigenvalue weighted by atomic mass is 10.0. The molecule has 2 rings (SSSR count). The van der Waals surface area contributed by atoms with Crippen molar-refractivity contribution in [1.29, 1.82) is 0 Å². The molecule has 132 valence electrons. The predicted molar refractivity (Wildman–Crippen MR) is 91.5 cm³/mol. The zero-order valence-corrected chi connectivity index (χ0v) is 14.8. The van der Waals surface area contributed by atoms with Crippen LogP contribution in [0.1, 0.15) is 24.4 Å². The number of ether oxygens (including phenoxy) is 1. The molecule has 1 heterocycles. The molecule has 1 aliphatic rings. The van der Waals surface area contributed by atoms with E-state index < -0.39 is 11.9 Å². The summed E-state index contributed by atoms with van der Waals surface area (Å²) in [5.41, 5.74) is 0.823. The van der Waals surface area contributed by atoms with Crippen molar-refractivity contribution in [3.63, 3.8) is 0 Å². The lowest BCUT2D eigenvalue weighted by Gasteiger charge is -2.24. The van der Waals surface area contributed by atoms with E-state index >= 15 is 0 Å². The van der Waals surface area contributed by atoms with Crippen LogP contribution in [0.4, 0.5) is 4.79 Å². The maximum absolute atomic E-state index is 12.4. The van der Waals surface area contributed by atoms with Crippen LogP contribution < -0.4 is 5.32 Å². The van der Waals surface area contributed by atoms with Crippen molar-refractivity contribution in [3.05, 3.63) is 33.8 Å². The van der Waals surface area contributed by atoms with E-state index in [0.717, 1.165) is 5.56 Å². The number of nitrogens with one attached hydrogen (secondary N) is 1. The zero-order chi connectivity index (χ0) is 17.7. The SMILES string of the molecule is COCCC(NC(=O)N1CCC(C(=O)O)C1)c1ccc(Cl)c(Cl)c1. The van der Waals surface area contributed by atoms with Gasteiger partial charge in [-0.15, -0.1) is 0 Å². The molecule has 0 aromatic heterocycles. The molecule has 2 amide bonds. The van der Waals surface area contributed by atoms with Crippen molar-refractivity contribution in [2.45, 2.75) is 18.9 Å². The third-order valence-electron chi connectivity index (χ3n) is 4.08. The van der Waals surface area contributed by atoms with Gasteiger partial charge in [0.25, 0.3) is 0 Å². The third kappa shape index (κ3) is 4.75. The molecule has 2 unspecified atom stereocenters. The molecule has 6 nitrogen and oxygen atoms in total. The molecule has 0 bridgehead atoms. The Morgan fingerprint density at radius 2 is 2.17 bits per heavy atom. The lowest BCUT2D eigenvalue weighted by molar-refractivity contribution is -0.141. The summed E-state index contributed by atoms with van der Waals surface area (Å²) in [5.74, 6) is -1.37. The van der Waals surface area contributed by atoms with Gasteiger partial charge in [-0.05, 0) is 30.5 Å². The van der Waals surface area contributed by atoms with Crippen molar-refractivity contribution in [1.82, 2.24) is 10.2 Å². The van der Waals surface area contributed by atoms with Gasteiger partial charge in [0.2, 0.25) is 0 Å². The van der Waals surface area contributed by atoms with Gasteiger partial charge in [-0.3, -0.25) is 4.79 Å². The van der Waals surface area contributed by atoms with Gasteiger partial charge in [0.15, 0.2) is 0 Å². The van der Waals surface area contributed by atoms with Gasteiger partial charge in [-0.1, -0.05) is 29.3 Å². The molecule has 1 aromatic rings. The van der Waals surface area contributed by atoms with Crippen molar-refractivity contribution >= 4 is 35.2 Å². The summed E-state index contributed by atoms with van der Waals surface area (Å²) in [5, 5.41) is 12.8. The monoisotopic (exact) mass is 374 g/mol. The number of carboxylic acids is 1. The fraction of sp³-hybridized carbons (Fsp3) is 0.500. The number of nitrogens with zero attached hydrogens (tertiary/aromatic N) is 1. The molecule has 0 aliphatic carbocycles. The first-order valence-electron chi connectivity index (χ1n) is 7.64. The highest BCUT2D eigenvalue weighted by molar-refractivity contribution is 6.42. The minimum atomic E-state index is -0.870. The van der Waals surface area contributed by atoms with Crippen molar-refractivity contribution in [3.8, 4) is 0 Å². The van der Waals surface area contributed by atoms with Crippen LogP contribution >= 0.6 is 23.2 Å². The van der Waals surface area contributed by atoms with E-state index in [1.54, 1.807) is 25.3 Å². The molecule has 0 spiro atoms. The Kier molecular flexibility index (Phi) is 6.71. The quantitative estimate of drug-likeness (QED) is 0.801. The van der Waals surface area contributed by atoms with E-state index in [1.807, 2.05) is 0 Å². The number of likely N-dealkylation sites (tertiary alicyclic amines) is 1. The summed E-state index contributed by atoms with van der Waals surface area (Å²) in [4.78, 5) is 25.0. The summed E-state index contributed by atoms with van der Waals surface area (Å²) < 4.78 is 5.10. The Labute approximate surface area is 150 Å². The van der Waals surface area contributed by atoms with E-state index in [4.69, 9.17) is 33.0 Å². The average molecular weight is 375 g/mol. The number of carbonyl (C=O) groups is 2. The standard InChI is InChI=1S/C16H20Cl2N2O4/c1-24-7-5-14(10-2-3-12(17)13(18)8-10)19-16(23)20-6-4-11(9-20)15(21)22/h2-3,8,11,14H,4-7,9H2,1H3,(H,19,23)(H,21,22). The van der Waals surface area contributed by atoms with Gasteiger partial charge in [0.05, 0.1) is 22.0 Å². The number of benzene rings is 1. The number of rotatable bonds is 6. The van der Waals surface area contributed by atoms with Gasteiger partial charge >= 0.3 is 12.0 Å². The Hall–Kier alpha value is -1.50. The number of carboxylic acid groups (broad SMARTS) is 1. The van der Waals surface area contributed by atoms with Crippen LogP contribution in [0.2, 0.25) is 10.0 Å². The molecule has 0 radical (unpaired) electrons. The summed E-state index contributed by atoms with van der Waals surface area (Å²) in [7, 11) is 1.59. The molecule has 0 saturated carbocycles. The number of aliphatic carboxylic acids is 1. The molecule has 1 saturated heterocycles. The summed E-state index contributed by atoms with van der Waals surface area (Å²) in [6, 6.07) is 4.62. The topological polar surface area (TPSA) is 78.9 Å². The van der Waals surface area contributed by atoms with E-state index in [2.05, 4.69) is 5.32 Å². The maximum atomic E-state index is 12.4. The number of halogens is 2. The highest BCUT2D eigenvalue weighted by Crippen LogP contribution is 2.27. The normalized spacial score (nSPS) is 18.5. The molecule has 2 N–H and O–H groups in total. The molecule has 1 aliphatic heterocycles. The number of hydrogen-bond acceptors (Lipinski definition) is 3. The summed E-state index contributed by atoms with van der Waals surface area (Å²) >= 11 is 12.0. The van der Waals surface area contributed by atoms with Crippen molar-refractivity contribution in [2.24, 2.45) is 5.92 Å². The lowest BCUT2D eigenvalue weighted by Crippen LogP contribution is -2.41. The Morgan fingerprint density at radius 1 is 1.42 bits per heavy atom. The molecule has 24 heavy (non-hydrogen) atoms. The van der Waals surface area contributed by atoms with Gasteiger partial charge in [0.1, 0.15) is 0 Å². The van der Waals surface area contributed by atoms with Crippen molar-refractivity contribution in [2.75, 3.05) is 26.8 Å². The van der Waals surface area contributed by atoms with Gasteiger partial charge < -0.3 is 20.1 Å². The van der Waals surface area contributed by atoms with Crippen LogP contribution in [0, 0.1) is 5.92 Å². The minimum Gasteiger partial charge on any atom is -0.481 e. The van der Waals surface area contributed by atoms with E-state index in [9.17, 15) is 9.59 Å². The van der Waals surface area contributed by atoms with Crippen LogP contribution in [0.25, 0.3) is 0 Å². The second-order valence-corrected chi connectivity index (χ2v) is 6.54. The summed E-state index contributed by atoms with van der Waals surface area (Å²) in [6.07, 6.45) is 1.04.